The van der Waals surface area contributed by atoms with E-state index in [2.05, 4.69) is 0 Å². The summed E-state index contributed by atoms with van der Waals surface area (Å²) in [5, 5.41) is 0. The van der Waals surface area contributed by atoms with E-state index in [9.17, 15) is 19.2 Å². The number of carbonyl (C=O) groups is 4. The molecular weight excluding hydrogens is 348 g/mol. The molecule has 0 bridgehead atoms. The molecule has 0 fully saturated rings. The number of hydrogen-bond donors (Lipinski definition) is 0. The Labute approximate surface area is 149 Å². The van der Waals surface area contributed by atoms with Gasteiger partial charge in [0.25, 0.3) is 6.29 Å². The fraction of sp³-hybridized carbons (Fsp3) is 0.529. The topological polar surface area (TPSA) is 114 Å². The summed E-state index contributed by atoms with van der Waals surface area (Å²) in [6.45, 7) is 3.57. The summed E-state index contributed by atoms with van der Waals surface area (Å²) in [6.07, 6.45) is 0.824. The van der Waals surface area contributed by atoms with E-state index in [1.165, 1.54) is 27.9 Å². The highest BCUT2D eigenvalue weighted by molar-refractivity contribution is 5.89. The quantitative estimate of drug-likeness (QED) is 0.391. The average Bonchev–Trinajstić information content (AvgIpc) is 2.90. The predicted octanol–water partition coefficient (Wildman–Crippen LogP) is 0.630. The zero-order valence-electron chi connectivity index (χ0n) is 14.8. The van der Waals surface area contributed by atoms with Crippen LogP contribution in [0.1, 0.15) is 20.8 Å². The van der Waals surface area contributed by atoms with Crippen molar-refractivity contribution in [2.45, 2.75) is 33.2 Å². The molecule has 2 aliphatic rings. The first-order valence-corrected chi connectivity index (χ1v) is 7.86. The van der Waals surface area contributed by atoms with Crippen molar-refractivity contribution < 1.29 is 42.9 Å². The maximum absolute atomic E-state index is 12.1. The zero-order chi connectivity index (χ0) is 19.4. The maximum atomic E-state index is 12.1. The van der Waals surface area contributed by atoms with E-state index in [4.69, 9.17) is 23.7 Å². The summed E-state index contributed by atoms with van der Waals surface area (Å²) in [6, 6.07) is 0. The second-order valence-corrected chi connectivity index (χ2v) is 5.83. The number of esters is 4. The van der Waals surface area contributed by atoms with E-state index < -0.39 is 48.1 Å². The Kier molecular flexibility index (Phi) is 6.01. The van der Waals surface area contributed by atoms with Gasteiger partial charge in [0.1, 0.15) is 12.7 Å². The normalized spacial score (nSPS) is 26.5. The van der Waals surface area contributed by atoms with Crippen LogP contribution in [0.25, 0.3) is 0 Å². The van der Waals surface area contributed by atoms with Gasteiger partial charge in [-0.15, -0.1) is 0 Å². The van der Waals surface area contributed by atoms with Crippen molar-refractivity contribution in [3.8, 4) is 0 Å². The third-order valence-electron chi connectivity index (χ3n) is 3.98. The van der Waals surface area contributed by atoms with E-state index in [-0.39, 0.29) is 12.2 Å². The maximum Gasteiger partial charge on any atom is 0.337 e. The third kappa shape index (κ3) is 4.22. The molecule has 1 heterocycles. The Balaban J connectivity index is 2.42. The van der Waals surface area contributed by atoms with Gasteiger partial charge in [0, 0.05) is 26.7 Å². The number of rotatable bonds is 5. The summed E-state index contributed by atoms with van der Waals surface area (Å²) < 4.78 is 25.7. The van der Waals surface area contributed by atoms with Gasteiger partial charge in [-0.05, 0) is 11.6 Å². The summed E-state index contributed by atoms with van der Waals surface area (Å²) in [7, 11) is 1.21. The van der Waals surface area contributed by atoms with Gasteiger partial charge < -0.3 is 23.7 Å². The fourth-order valence-electron chi connectivity index (χ4n) is 3.07. The van der Waals surface area contributed by atoms with Gasteiger partial charge in [0.15, 0.2) is 0 Å². The number of methoxy groups -OCH3 is 1. The Morgan fingerprint density at radius 3 is 2.19 bits per heavy atom. The molecule has 9 heteroatoms. The highest BCUT2D eigenvalue weighted by atomic mass is 16.7. The zero-order valence-corrected chi connectivity index (χ0v) is 14.8. The van der Waals surface area contributed by atoms with Crippen molar-refractivity contribution in [1.29, 1.82) is 0 Å². The highest BCUT2D eigenvalue weighted by Crippen LogP contribution is 2.45. The van der Waals surface area contributed by atoms with Crippen molar-refractivity contribution in [3.05, 3.63) is 23.5 Å². The molecule has 0 saturated carbocycles. The van der Waals surface area contributed by atoms with Crippen LogP contribution in [0.15, 0.2) is 23.5 Å². The summed E-state index contributed by atoms with van der Waals surface area (Å²) in [4.78, 5) is 46.1. The van der Waals surface area contributed by atoms with Gasteiger partial charge in [0.05, 0.1) is 24.9 Å². The molecule has 0 radical (unpaired) electrons. The largest absolute Gasteiger partial charge is 0.466 e. The molecule has 0 N–H and O–H groups in total. The third-order valence-corrected chi connectivity index (χ3v) is 3.98. The number of ether oxygens (including phenoxy) is 5. The number of hydrogen-bond acceptors (Lipinski definition) is 9. The lowest BCUT2D eigenvalue weighted by atomic mass is 9.82. The fourth-order valence-corrected chi connectivity index (χ4v) is 3.07. The van der Waals surface area contributed by atoms with Crippen LogP contribution >= 0.6 is 0 Å². The second kappa shape index (κ2) is 8.03. The van der Waals surface area contributed by atoms with Crippen molar-refractivity contribution >= 4 is 23.9 Å². The highest BCUT2D eigenvalue weighted by Gasteiger charge is 2.51. The Morgan fingerprint density at radius 1 is 1.00 bits per heavy atom. The minimum atomic E-state index is -1.06. The van der Waals surface area contributed by atoms with Crippen molar-refractivity contribution in [2.75, 3.05) is 13.7 Å². The number of fused-ring (bicyclic) bond motifs is 1. The molecule has 2 rings (SSSR count). The van der Waals surface area contributed by atoms with E-state index in [0.29, 0.717) is 5.57 Å². The molecule has 4 atom stereocenters. The summed E-state index contributed by atoms with van der Waals surface area (Å²) >= 11 is 0. The Hall–Kier alpha value is -2.84. The molecule has 0 aromatic carbocycles. The average molecular weight is 368 g/mol. The first kappa shape index (κ1) is 19.5. The molecular formula is C17H20O9. The van der Waals surface area contributed by atoms with Crippen molar-refractivity contribution in [1.82, 2.24) is 0 Å². The van der Waals surface area contributed by atoms with E-state index in [1.807, 2.05) is 0 Å². The first-order chi connectivity index (χ1) is 12.2. The molecule has 1 aliphatic carbocycles. The lowest BCUT2D eigenvalue weighted by molar-refractivity contribution is -0.184. The van der Waals surface area contributed by atoms with E-state index in [1.54, 1.807) is 6.08 Å². The molecule has 142 valence electrons. The standard InChI is InChI=1S/C17H20O9/c1-8(18)23-6-11-5-13(25-9(2)19)15-12(16(21)22-4)7-24-17(14(11)15)26-10(3)20/h5,7,13-15,17H,6H2,1-4H3. The van der Waals surface area contributed by atoms with Crippen LogP contribution < -0.4 is 0 Å². The van der Waals surface area contributed by atoms with Gasteiger partial charge in [-0.3, -0.25) is 14.4 Å². The van der Waals surface area contributed by atoms with E-state index in [0.717, 1.165) is 6.26 Å². The lowest BCUT2D eigenvalue weighted by Gasteiger charge is -2.35. The Bertz CT molecular complexity index is 676. The molecule has 26 heavy (non-hydrogen) atoms. The van der Waals surface area contributed by atoms with Crippen molar-refractivity contribution in [3.63, 3.8) is 0 Å². The van der Waals surface area contributed by atoms with Gasteiger partial charge in [-0.25, -0.2) is 4.79 Å². The molecule has 0 saturated heterocycles. The number of carbonyl (C=O) groups excluding carboxylic acids is 4. The van der Waals surface area contributed by atoms with Crippen LogP contribution in [0.3, 0.4) is 0 Å². The van der Waals surface area contributed by atoms with Crippen LogP contribution in [-0.2, 0) is 42.9 Å². The molecule has 1 aliphatic heterocycles. The molecule has 0 spiro atoms. The van der Waals surface area contributed by atoms with Gasteiger partial charge in [-0.1, -0.05) is 0 Å². The lowest BCUT2D eigenvalue weighted by Crippen LogP contribution is -2.42. The van der Waals surface area contributed by atoms with Crippen LogP contribution in [0.4, 0.5) is 0 Å². The molecule has 9 nitrogen and oxygen atoms in total. The van der Waals surface area contributed by atoms with Crippen LogP contribution in [-0.4, -0.2) is 50.0 Å². The minimum Gasteiger partial charge on any atom is -0.466 e. The van der Waals surface area contributed by atoms with Gasteiger partial charge in [0.2, 0.25) is 0 Å². The summed E-state index contributed by atoms with van der Waals surface area (Å²) in [5.74, 6) is -3.70. The molecule has 0 aromatic rings. The van der Waals surface area contributed by atoms with Gasteiger partial charge in [-0.2, -0.15) is 0 Å². The van der Waals surface area contributed by atoms with Gasteiger partial charge >= 0.3 is 23.9 Å². The van der Waals surface area contributed by atoms with Crippen LogP contribution in [0.2, 0.25) is 0 Å². The molecule has 0 aromatic heterocycles. The van der Waals surface area contributed by atoms with Crippen LogP contribution in [0, 0.1) is 11.8 Å². The first-order valence-electron chi connectivity index (χ1n) is 7.86. The summed E-state index contributed by atoms with van der Waals surface area (Å²) in [5.41, 5.74) is 0.637. The van der Waals surface area contributed by atoms with Crippen LogP contribution in [0.5, 0.6) is 0 Å². The molecule has 4 unspecified atom stereocenters. The second-order valence-electron chi connectivity index (χ2n) is 5.83. The Morgan fingerprint density at radius 2 is 1.65 bits per heavy atom. The molecule has 0 amide bonds. The predicted molar refractivity (Wildman–Crippen MR) is 84.0 cm³/mol. The smallest absolute Gasteiger partial charge is 0.337 e. The minimum absolute atomic E-state index is 0.121. The SMILES string of the molecule is COC(=O)C1=COC(OC(C)=O)C2C(COC(C)=O)=CC(OC(C)=O)C12. The van der Waals surface area contributed by atoms with Crippen molar-refractivity contribution in [2.24, 2.45) is 11.8 Å². The van der Waals surface area contributed by atoms with E-state index >= 15 is 0 Å². The monoisotopic (exact) mass is 368 g/mol.